The van der Waals surface area contributed by atoms with Crippen molar-refractivity contribution >= 4 is 0 Å². The Kier molecular flexibility index (Phi) is 4.26. The van der Waals surface area contributed by atoms with E-state index < -0.39 is 11.6 Å². The molecule has 2 aromatic rings. The first kappa shape index (κ1) is 15.8. The second-order valence-corrected chi connectivity index (χ2v) is 6.19. The fourth-order valence-corrected chi connectivity index (χ4v) is 2.82. The van der Waals surface area contributed by atoms with Crippen molar-refractivity contribution in [2.45, 2.75) is 39.3 Å². The van der Waals surface area contributed by atoms with Crippen LogP contribution < -0.4 is 5.56 Å². The molecule has 0 fully saturated rings. The molecule has 0 spiro atoms. The van der Waals surface area contributed by atoms with Crippen molar-refractivity contribution in [2.75, 3.05) is 6.54 Å². The third-order valence-electron chi connectivity index (χ3n) is 4.16. The van der Waals surface area contributed by atoms with Gasteiger partial charge >= 0.3 is 0 Å². The van der Waals surface area contributed by atoms with Crippen LogP contribution in [0.2, 0.25) is 0 Å². The molecule has 0 saturated carbocycles. The molecule has 0 amide bonds. The van der Waals surface area contributed by atoms with Crippen LogP contribution in [0, 0.1) is 11.6 Å². The van der Waals surface area contributed by atoms with Crippen molar-refractivity contribution in [3.63, 3.8) is 0 Å². The first-order chi connectivity index (χ1) is 11.0. The van der Waals surface area contributed by atoms with Gasteiger partial charge in [0, 0.05) is 37.5 Å². The van der Waals surface area contributed by atoms with Gasteiger partial charge in [-0.1, -0.05) is 19.9 Å². The lowest BCUT2D eigenvalue weighted by Crippen LogP contribution is -2.36. The number of halogens is 2. The van der Waals surface area contributed by atoms with Crippen LogP contribution in [0.1, 0.15) is 42.4 Å². The first-order valence-corrected chi connectivity index (χ1v) is 7.73. The quantitative estimate of drug-likeness (QED) is 0.946. The molecule has 1 aliphatic heterocycles. The maximum Gasteiger partial charge on any atom is 0.255 e. The van der Waals surface area contributed by atoms with E-state index in [0.29, 0.717) is 30.9 Å². The summed E-state index contributed by atoms with van der Waals surface area (Å²) in [5, 5.41) is 0. The highest BCUT2D eigenvalue weighted by molar-refractivity contribution is 5.23. The van der Waals surface area contributed by atoms with Gasteiger partial charge in [0.15, 0.2) is 0 Å². The highest BCUT2D eigenvalue weighted by Gasteiger charge is 2.23. The molecule has 2 heterocycles. The van der Waals surface area contributed by atoms with Gasteiger partial charge in [0.2, 0.25) is 0 Å². The summed E-state index contributed by atoms with van der Waals surface area (Å²) in [7, 11) is 0. The minimum atomic E-state index is -0.557. The van der Waals surface area contributed by atoms with Crippen molar-refractivity contribution in [3.8, 4) is 0 Å². The number of rotatable bonds is 3. The van der Waals surface area contributed by atoms with Crippen molar-refractivity contribution in [3.05, 3.63) is 62.8 Å². The SMILES string of the molecule is CC(C)c1nc2c(c(=O)[nH]1)CN(Cc1c(F)cccc1F)CC2. The van der Waals surface area contributed by atoms with Crippen molar-refractivity contribution in [2.24, 2.45) is 0 Å². The largest absolute Gasteiger partial charge is 0.310 e. The van der Waals surface area contributed by atoms with Crippen LogP contribution in [-0.4, -0.2) is 21.4 Å². The molecule has 0 atom stereocenters. The van der Waals surface area contributed by atoms with Crippen LogP contribution in [0.15, 0.2) is 23.0 Å². The van der Waals surface area contributed by atoms with Crippen LogP contribution in [0.5, 0.6) is 0 Å². The van der Waals surface area contributed by atoms with Gasteiger partial charge in [0.25, 0.3) is 5.56 Å². The van der Waals surface area contributed by atoms with E-state index in [1.54, 1.807) is 0 Å². The van der Waals surface area contributed by atoms with Crippen LogP contribution in [0.4, 0.5) is 8.78 Å². The number of hydrogen-bond donors (Lipinski definition) is 1. The molecule has 0 bridgehead atoms. The highest BCUT2D eigenvalue weighted by Crippen LogP contribution is 2.20. The van der Waals surface area contributed by atoms with E-state index in [1.807, 2.05) is 18.7 Å². The van der Waals surface area contributed by atoms with Gasteiger partial charge in [0.1, 0.15) is 17.5 Å². The Balaban J connectivity index is 1.85. The number of benzene rings is 1. The van der Waals surface area contributed by atoms with Crippen molar-refractivity contribution < 1.29 is 8.78 Å². The molecule has 1 aromatic heterocycles. The van der Waals surface area contributed by atoms with E-state index >= 15 is 0 Å². The Hall–Kier alpha value is -2.08. The van der Waals surface area contributed by atoms with E-state index in [4.69, 9.17) is 0 Å². The smallest absolute Gasteiger partial charge is 0.255 e. The molecular formula is C17H19F2N3O. The summed E-state index contributed by atoms with van der Waals surface area (Å²) in [6.07, 6.45) is 0.606. The molecule has 1 aliphatic rings. The molecule has 0 aliphatic carbocycles. The van der Waals surface area contributed by atoms with E-state index in [2.05, 4.69) is 9.97 Å². The third kappa shape index (κ3) is 3.17. The first-order valence-electron chi connectivity index (χ1n) is 7.73. The molecule has 1 N–H and O–H groups in total. The molecule has 0 unspecified atom stereocenters. The fourth-order valence-electron chi connectivity index (χ4n) is 2.82. The summed E-state index contributed by atoms with van der Waals surface area (Å²) in [6, 6.07) is 3.85. The average Bonchev–Trinajstić information content (AvgIpc) is 2.51. The summed E-state index contributed by atoms with van der Waals surface area (Å²) in [6.45, 7) is 5.06. The van der Waals surface area contributed by atoms with Crippen molar-refractivity contribution in [1.29, 1.82) is 0 Å². The predicted octanol–water partition coefficient (Wildman–Crippen LogP) is 2.73. The normalized spacial score (nSPS) is 15.0. The zero-order valence-corrected chi connectivity index (χ0v) is 13.2. The lowest BCUT2D eigenvalue weighted by atomic mass is 10.0. The lowest BCUT2D eigenvalue weighted by Gasteiger charge is -2.28. The molecular weight excluding hydrogens is 300 g/mol. The molecule has 0 radical (unpaired) electrons. The van der Waals surface area contributed by atoms with Gasteiger partial charge in [-0.25, -0.2) is 13.8 Å². The summed E-state index contributed by atoms with van der Waals surface area (Å²) in [5.41, 5.74) is 1.27. The summed E-state index contributed by atoms with van der Waals surface area (Å²) >= 11 is 0. The number of nitrogens with zero attached hydrogens (tertiary/aromatic N) is 2. The monoisotopic (exact) mass is 319 g/mol. The summed E-state index contributed by atoms with van der Waals surface area (Å²) < 4.78 is 27.6. The summed E-state index contributed by atoms with van der Waals surface area (Å²) in [4.78, 5) is 21.4. The minimum Gasteiger partial charge on any atom is -0.310 e. The second kappa shape index (κ2) is 6.20. The Morgan fingerprint density at radius 3 is 2.65 bits per heavy atom. The van der Waals surface area contributed by atoms with Gasteiger partial charge in [-0.05, 0) is 12.1 Å². The Labute approximate surface area is 133 Å². The molecule has 23 heavy (non-hydrogen) atoms. The second-order valence-electron chi connectivity index (χ2n) is 6.19. The number of aromatic amines is 1. The maximum atomic E-state index is 13.8. The van der Waals surface area contributed by atoms with Gasteiger partial charge in [-0.2, -0.15) is 0 Å². The van der Waals surface area contributed by atoms with Gasteiger partial charge < -0.3 is 4.98 Å². The fraction of sp³-hybridized carbons (Fsp3) is 0.412. The predicted molar refractivity (Wildman–Crippen MR) is 83.1 cm³/mol. The zero-order chi connectivity index (χ0) is 16.6. The molecule has 1 aromatic carbocycles. The van der Waals surface area contributed by atoms with Crippen LogP contribution >= 0.6 is 0 Å². The third-order valence-corrected chi connectivity index (χ3v) is 4.16. The highest BCUT2D eigenvalue weighted by atomic mass is 19.1. The number of aromatic nitrogens is 2. The number of nitrogens with one attached hydrogen (secondary N) is 1. The van der Waals surface area contributed by atoms with E-state index in [0.717, 1.165) is 5.69 Å². The Morgan fingerprint density at radius 2 is 2.00 bits per heavy atom. The number of hydrogen-bond acceptors (Lipinski definition) is 3. The topological polar surface area (TPSA) is 49.0 Å². The maximum absolute atomic E-state index is 13.8. The van der Waals surface area contributed by atoms with E-state index in [9.17, 15) is 13.6 Å². The van der Waals surface area contributed by atoms with Crippen molar-refractivity contribution in [1.82, 2.24) is 14.9 Å². The standard InChI is InChI=1S/C17H19F2N3O/c1-10(2)16-20-15-6-7-22(9-12(15)17(23)21-16)8-11-13(18)4-3-5-14(11)19/h3-5,10H,6-9H2,1-2H3,(H,20,21,23). The van der Waals surface area contributed by atoms with Crippen LogP contribution in [-0.2, 0) is 19.5 Å². The molecule has 4 nitrogen and oxygen atoms in total. The van der Waals surface area contributed by atoms with Gasteiger partial charge in [0.05, 0.1) is 11.3 Å². The van der Waals surface area contributed by atoms with Crippen LogP contribution in [0.25, 0.3) is 0 Å². The van der Waals surface area contributed by atoms with Gasteiger partial charge in [-0.3, -0.25) is 9.69 Å². The zero-order valence-electron chi connectivity index (χ0n) is 13.2. The minimum absolute atomic E-state index is 0.0409. The molecule has 122 valence electrons. The number of fused-ring (bicyclic) bond motifs is 1. The van der Waals surface area contributed by atoms with E-state index in [1.165, 1.54) is 18.2 Å². The van der Waals surface area contributed by atoms with Gasteiger partial charge in [-0.15, -0.1) is 0 Å². The number of H-pyrrole nitrogens is 1. The van der Waals surface area contributed by atoms with Crippen LogP contribution in [0.3, 0.4) is 0 Å². The average molecular weight is 319 g/mol. The van der Waals surface area contributed by atoms with E-state index in [-0.39, 0.29) is 23.6 Å². The summed E-state index contributed by atoms with van der Waals surface area (Å²) in [5.74, 6) is -0.281. The Bertz CT molecular complexity index is 766. The Morgan fingerprint density at radius 1 is 1.30 bits per heavy atom. The lowest BCUT2D eigenvalue weighted by molar-refractivity contribution is 0.234. The molecule has 6 heteroatoms. The molecule has 0 saturated heterocycles. The molecule has 3 rings (SSSR count).